The monoisotopic (exact) mass is 324 g/mol. The van der Waals surface area contributed by atoms with E-state index < -0.39 is 15.5 Å². The van der Waals surface area contributed by atoms with Crippen LogP contribution in [0.15, 0.2) is 18.2 Å². The highest BCUT2D eigenvalue weighted by Gasteiger charge is 2.46. The molecule has 1 fully saturated rings. The van der Waals surface area contributed by atoms with Gasteiger partial charge in [-0.1, -0.05) is 6.07 Å². The quantitative estimate of drug-likeness (QED) is 0.925. The Bertz CT molecular complexity index is 611. The topological polar surface area (TPSA) is 58.6 Å². The van der Waals surface area contributed by atoms with Gasteiger partial charge in [-0.3, -0.25) is 4.72 Å². The highest BCUT2D eigenvalue weighted by molar-refractivity contribution is 7.93. The summed E-state index contributed by atoms with van der Waals surface area (Å²) in [5, 5.41) is 0. The number of nitrogens with zero attached hydrogens (tertiary/aromatic N) is 1. The van der Waals surface area contributed by atoms with E-state index in [4.69, 9.17) is 4.74 Å². The lowest BCUT2D eigenvalue weighted by Crippen LogP contribution is -2.36. The second-order valence-corrected chi connectivity index (χ2v) is 6.32. The van der Waals surface area contributed by atoms with Crippen molar-refractivity contribution in [1.82, 2.24) is 0 Å². The Kier molecular flexibility index (Phi) is 4.33. The summed E-state index contributed by atoms with van der Waals surface area (Å²) in [6, 6.07) is 4.73. The summed E-state index contributed by atoms with van der Waals surface area (Å²) in [4.78, 5) is 1.92. The van der Waals surface area contributed by atoms with E-state index in [2.05, 4.69) is 0 Å². The third-order valence-electron chi connectivity index (χ3n) is 3.15. The molecule has 1 aromatic carbocycles. The summed E-state index contributed by atoms with van der Waals surface area (Å²) in [7, 11) is -5.41. The van der Waals surface area contributed by atoms with Gasteiger partial charge in [0.15, 0.2) is 0 Å². The molecule has 0 saturated carbocycles. The Hall–Kier alpha value is -1.48. The summed E-state index contributed by atoms with van der Waals surface area (Å²) in [6.07, 6.45) is 0. The van der Waals surface area contributed by atoms with Crippen LogP contribution in [0.5, 0.6) is 0 Å². The molecule has 0 amide bonds. The predicted octanol–water partition coefficient (Wildman–Crippen LogP) is 2.09. The first-order valence-corrected chi connectivity index (χ1v) is 7.71. The Morgan fingerprint density at radius 1 is 1.24 bits per heavy atom. The van der Waals surface area contributed by atoms with Crippen molar-refractivity contribution in [3.05, 3.63) is 23.8 Å². The van der Waals surface area contributed by atoms with Crippen molar-refractivity contribution in [2.75, 3.05) is 35.9 Å². The second kappa shape index (κ2) is 5.72. The number of morpholine rings is 1. The molecule has 0 aromatic heterocycles. The van der Waals surface area contributed by atoms with Gasteiger partial charge in [-0.2, -0.15) is 21.6 Å². The first kappa shape index (κ1) is 15.9. The minimum atomic E-state index is -5.41. The van der Waals surface area contributed by atoms with Crippen LogP contribution in [0, 0.1) is 6.92 Å². The lowest BCUT2D eigenvalue weighted by atomic mass is 10.1. The zero-order chi connectivity index (χ0) is 15.7. The van der Waals surface area contributed by atoms with Gasteiger partial charge < -0.3 is 9.64 Å². The molecule has 0 radical (unpaired) electrons. The van der Waals surface area contributed by atoms with E-state index in [1.807, 2.05) is 4.90 Å². The number of rotatable bonds is 3. The third kappa shape index (κ3) is 3.59. The molecule has 0 atom stereocenters. The third-order valence-corrected chi connectivity index (χ3v) is 4.24. The number of hydrogen-bond donors (Lipinski definition) is 1. The molecule has 118 valence electrons. The van der Waals surface area contributed by atoms with Crippen molar-refractivity contribution in [2.24, 2.45) is 0 Å². The van der Waals surface area contributed by atoms with Crippen LogP contribution in [-0.2, 0) is 14.8 Å². The molecule has 0 bridgehead atoms. The van der Waals surface area contributed by atoms with E-state index in [0.717, 1.165) is 0 Å². The summed E-state index contributed by atoms with van der Waals surface area (Å²) >= 11 is 0. The fourth-order valence-electron chi connectivity index (χ4n) is 1.94. The van der Waals surface area contributed by atoms with Gasteiger partial charge in [0, 0.05) is 18.8 Å². The number of nitrogens with one attached hydrogen (secondary N) is 1. The first-order valence-electron chi connectivity index (χ1n) is 6.23. The van der Waals surface area contributed by atoms with Crippen molar-refractivity contribution >= 4 is 21.4 Å². The van der Waals surface area contributed by atoms with Crippen molar-refractivity contribution in [2.45, 2.75) is 12.4 Å². The van der Waals surface area contributed by atoms with Crippen molar-refractivity contribution in [3.8, 4) is 0 Å². The van der Waals surface area contributed by atoms with E-state index in [0.29, 0.717) is 37.6 Å². The lowest BCUT2D eigenvalue weighted by Gasteiger charge is -2.29. The Labute approximate surface area is 120 Å². The average Bonchev–Trinajstić information content (AvgIpc) is 2.41. The summed E-state index contributed by atoms with van der Waals surface area (Å²) in [6.45, 7) is 3.80. The number of halogens is 3. The summed E-state index contributed by atoms with van der Waals surface area (Å²) in [5.41, 5.74) is -4.34. The SMILES string of the molecule is Cc1ccc(N2CCOCC2)cc1NS(=O)(=O)C(F)(F)F. The van der Waals surface area contributed by atoms with Crippen LogP contribution in [0.1, 0.15) is 5.56 Å². The molecule has 1 aromatic rings. The minimum Gasteiger partial charge on any atom is -0.378 e. The van der Waals surface area contributed by atoms with Crippen LogP contribution < -0.4 is 9.62 Å². The van der Waals surface area contributed by atoms with E-state index in [1.54, 1.807) is 16.9 Å². The molecule has 9 heteroatoms. The molecule has 21 heavy (non-hydrogen) atoms. The van der Waals surface area contributed by atoms with E-state index in [1.165, 1.54) is 13.0 Å². The number of sulfonamides is 1. The van der Waals surface area contributed by atoms with E-state index in [-0.39, 0.29) is 5.69 Å². The minimum absolute atomic E-state index is 0.0729. The van der Waals surface area contributed by atoms with Gasteiger partial charge in [-0.15, -0.1) is 0 Å². The fourth-order valence-corrected chi connectivity index (χ4v) is 2.57. The van der Waals surface area contributed by atoms with Gasteiger partial charge in [0.25, 0.3) is 0 Å². The molecule has 1 saturated heterocycles. The van der Waals surface area contributed by atoms with Gasteiger partial charge in [0.05, 0.1) is 18.9 Å². The highest BCUT2D eigenvalue weighted by Crippen LogP contribution is 2.29. The van der Waals surface area contributed by atoms with Gasteiger partial charge in [-0.25, -0.2) is 0 Å². The zero-order valence-electron chi connectivity index (χ0n) is 11.3. The van der Waals surface area contributed by atoms with Crippen LogP contribution in [-0.4, -0.2) is 40.2 Å². The average molecular weight is 324 g/mol. The largest absolute Gasteiger partial charge is 0.516 e. The molecular weight excluding hydrogens is 309 g/mol. The maximum atomic E-state index is 12.4. The second-order valence-electron chi connectivity index (χ2n) is 4.65. The highest BCUT2D eigenvalue weighted by atomic mass is 32.2. The van der Waals surface area contributed by atoms with Gasteiger partial charge >= 0.3 is 15.5 Å². The number of hydrogen-bond acceptors (Lipinski definition) is 4. The Balaban J connectivity index is 2.27. The van der Waals surface area contributed by atoms with Crippen LogP contribution in [0.2, 0.25) is 0 Å². The molecule has 1 aliphatic heterocycles. The Morgan fingerprint density at radius 3 is 2.43 bits per heavy atom. The molecule has 1 heterocycles. The molecule has 1 N–H and O–H groups in total. The molecule has 0 unspecified atom stereocenters. The van der Waals surface area contributed by atoms with Crippen LogP contribution in [0.25, 0.3) is 0 Å². The predicted molar refractivity (Wildman–Crippen MR) is 72.8 cm³/mol. The van der Waals surface area contributed by atoms with Gasteiger partial charge in [-0.05, 0) is 24.6 Å². The van der Waals surface area contributed by atoms with Crippen LogP contribution >= 0.6 is 0 Å². The fraction of sp³-hybridized carbons (Fsp3) is 0.500. The molecule has 1 aliphatic rings. The van der Waals surface area contributed by atoms with Crippen molar-refractivity contribution in [1.29, 1.82) is 0 Å². The number of benzene rings is 1. The molecule has 0 aliphatic carbocycles. The molecule has 0 spiro atoms. The Morgan fingerprint density at radius 2 is 1.86 bits per heavy atom. The maximum Gasteiger partial charge on any atom is 0.516 e. The number of anilines is 2. The number of ether oxygens (including phenoxy) is 1. The van der Waals surface area contributed by atoms with E-state index in [9.17, 15) is 21.6 Å². The van der Waals surface area contributed by atoms with E-state index >= 15 is 0 Å². The zero-order valence-corrected chi connectivity index (χ0v) is 12.1. The van der Waals surface area contributed by atoms with Gasteiger partial charge in [0.1, 0.15) is 0 Å². The van der Waals surface area contributed by atoms with Gasteiger partial charge in [0.2, 0.25) is 0 Å². The maximum absolute atomic E-state index is 12.4. The van der Waals surface area contributed by atoms with Crippen LogP contribution in [0.3, 0.4) is 0 Å². The first-order chi connectivity index (χ1) is 9.71. The number of aryl methyl sites for hydroxylation is 1. The standard InChI is InChI=1S/C12H15F3N2O3S/c1-9-2-3-10(17-4-6-20-7-5-17)8-11(9)16-21(18,19)12(13,14)15/h2-3,8,16H,4-7H2,1H3. The normalized spacial score (nSPS) is 16.9. The summed E-state index contributed by atoms with van der Waals surface area (Å²) in [5.74, 6) is 0. The van der Waals surface area contributed by atoms with Crippen molar-refractivity contribution in [3.63, 3.8) is 0 Å². The lowest BCUT2D eigenvalue weighted by molar-refractivity contribution is -0.0429. The molecule has 5 nitrogen and oxygen atoms in total. The summed E-state index contributed by atoms with van der Waals surface area (Å²) < 4.78 is 66.5. The smallest absolute Gasteiger partial charge is 0.378 e. The molecule has 2 rings (SSSR count). The van der Waals surface area contributed by atoms with Crippen molar-refractivity contribution < 1.29 is 26.3 Å². The number of alkyl halides is 3. The molecular formula is C12H15F3N2O3S. The van der Waals surface area contributed by atoms with Crippen LogP contribution in [0.4, 0.5) is 24.5 Å².